The minimum atomic E-state index is 0.0975. The van der Waals surface area contributed by atoms with Crippen molar-refractivity contribution < 1.29 is 5.11 Å². The van der Waals surface area contributed by atoms with Crippen LogP contribution in [-0.4, -0.2) is 45.2 Å². The maximum Gasteiger partial charge on any atom is 0.155 e. The Morgan fingerprint density at radius 3 is 2.64 bits per heavy atom. The van der Waals surface area contributed by atoms with E-state index in [1.54, 1.807) is 18.3 Å². The monoisotopic (exact) mass is 297 g/mol. The van der Waals surface area contributed by atoms with Gasteiger partial charge in [0, 0.05) is 6.20 Å². The van der Waals surface area contributed by atoms with Crippen molar-refractivity contribution in [3.8, 4) is 5.75 Å². The number of fused-ring (bicyclic) bond motifs is 2. The molecule has 0 amide bonds. The van der Waals surface area contributed by atoms with Crippen LogP contribution in [0.25, 0.3) is 22.1 Å². The van der Waals surface area contributed by atoms with Gasteiger partial charge in [0.25, 0.3) is 0 Å². The van der Waals surface area contributed by atoms with E-state index in [2.05, 4.69) is 20.3 Å². The van der Waals surface area contributed by atoms with Gasteiger partial charge < -0.3 is 10.4 Å². The highest BCUT2D eigenvalue weighted by Gasteiger charge is 2.14. The number of aromatic hydroxyl groups is 1. The lowest BCUT2D eigenvalue weighted by molar-refractivity contribution is 0.343. The summed E-state index contributed by atoms with van der Waals surface area (Å²) < 4.78 is 0. The number of nitrogens with one attached hydrogen (secondary N) is 1. The number of hydrogen-bond acceptors (Lipinski definition) is 6. The highest BCUT2D eigenvalue weighted by atomic mass is 16.3. The van der Waals surface area contributed by atoms with Crippen LogP contribution in [0.3, 0.4) is 0 Å². The summed E-state index contributed by atoms with van der Waals surface area (Å²) in [6.07, 6.45) is 1.89. The van der Waals surface area contributed by atoms with Gasteiger partial charge in [0.05, 0.1) is 17.2 Å². The molecule has 2 aromatic heterocycles. The first-order valence-electron chi connectivity index (χ1n) is 7.15. The second-order valence-corrected chi connectivity index (χ2v) is 5.64. The van der Waals surface area contributed by atoms with E-state index in [0.29, 0.717) is 22.4 Å². The van der Waals surface area contributed by atoms with E-state index < -0.39 is 0 Å². The summed E-state index contributed by atoms with van der Waals surface area (Å²) in [5.74, 6) is 0.791. The molecular weight excluding hydrogens is 278 g/mol. The molecule has 3 aromatic rings. The van der Waals surface area contributed by atoms with Gasteiger partial charge in [-0.25, -0.2) is 15.0 Å². The Bertz CT molecular complexity index is 847. The molecule has 0 aliphatic heterocycles. The quantitative estimate of drug-likeness (QED) is 0.571. The number of anilines is 1. The topological polar surface area (TPSA) is 74.2 Å². The van der Waals surface area contributed by atoms with E-state index in [1.165, 1.54) is 0 Å². The molecule has 0 saturated carbocycles. The second kappa shape index (κ2) is 5.38. The van der Waals surface area contributed by atoms with Crippen LogP contribution >= 0.6 is 0 Å². The molecule has 0 radical (unpaired) electrons. The van der Waals surface area contributed by atoms with Crippen LogP contribution in [0.15, 0.2) is 24.4 Å². The predicted octanol–water partition coefficient (Wildman–Crippen LogP) is 2.51. The SMILES string of the molecule is Cc1cnc(NC(C)N(C)C)c2nc3c(O)cccc3nc12. The van der Waals surface area contributed by atoms with Crippen molar-refractivity contribution in [1.29, 1.82) is 0 Å². The Hall–Kier alpha value is -2.47. The van der Waals surface area contributed by atoms with E-state index >= 15 is 0 Å². The summed E-state index contributed by atoms with van der Waals surface area (Å²) >= 11 is 0. The standard InChI is InChI=1S/C16H19N5O/c1-9-8-17-16(18-10(2)21(3)4)15-13(9)19-11-6-5-7-12(22)14(11)20-15/h5-8,10,22H,1-4H3,(H,17,18). The van der Waals surface area contributed by atoms with Gasteiger partial charge in [0.2, 0.25) is 0 Å². The van der Waals surface area contributed by atoms with Crippen molar-refractivity contribution >= 4 is 27.9 Å². The van der Waals surface area contributed by atoms with Crippen LogP contribution < -0.4 is 5.32 Å². The summed E-state index contributed by atoms with van der Waals surface area (Å²) in [4.78, 5) is 15.7. The lowest BCUT2D eigenvalue weighted by Crippen LogP contribution is -2.32. The molecule has 0 saturated heterocycles. The number of phenols is 1. The number of rotatable bonds is 3. The maximum atomic E-state index is 10.0. The molecule has 0 aliphatic carbocycles. The lowest BCUT2D eigenvalue weighted by Gasteiger charge is -2.22. The molecule has 0 aliphatic rings. The van der Waals surface area contributed by atoms with E-state index in [1.807, 2.05) is 38.9 Å². The van der Waals surface area contributed by atoms with Crippen LogP contribution in [0.5, 0.6) is 5.75 Å². The summed E-state index contributed by atoms with van der Waals surface area (Å²) in [6, 6.07) is 5.22. The smallest absolute Gasteiger partial charge is 0.155 e. The third kappa shape index (κ3) is 2.42. The number of nitrogens with zero attached hydrogens (tertiary/aromatic N) is 4. The first kappa shape index (κ1) is 14.5. The van der Waals surface area contributed by atoms with Crippen molar-refractivity contribution in [3.05, 3.63) is 30.0 Å². The van der Waals surface area contributed by atoms with Crippen LogP contribution in [0.4, 0.5) is 5.82 Å². The third-order valence-corrected chi connectivity index (χ3v) is 3.78. The second-order valence-electron chi connectivity index (χ2n) is 5.64. The normalized spacial score (nSPS) is 13.0. The van der Waals surface area contributed by atoms with Gasteiger partial charge in [-0.2, -0.15) is 0 Å². The van der Waals surface area contributed by atoms with Gasteiger partial charge in [-0.15, -0.1) is 0 Å². The van der Waals surface area contributed by atoms with Crippen LogP contribution in [0, 0.1) is 6.92 Å². The van der Waals surface area contributed by atoms with Gasteiger partial charge in [0.1, 0.15) is 16.8 Å². The minimum absolute atomic E-state index is 0.0975. The Morgan fingerprint density at radius 1 is 1.14 bits per heavy atom. The Balaban J connectivity index is 2.25. The molecule has 22 heavy (non-hydrogen) atoms. The van der Waals surface area contributed by atoms with Gasteiger partial charge in [-0.05, 0) is 45.6 Å². The molecule has 2 N–H and O–H groups in total. The van der Waals surface area contributed by atoms with E-state index in [0.717, 1.165) is 11.1 Å². The first-order valence-corrected chi connectivity index (χ1v) is 7.15. The molecule has 3 rings (SSSR count). The fourth-order valence-corrected chi connectivity index (χ4v) is 2.22. The van der Waals surface area contributed by atoms with E-state index in [4.69, 9.17) is 0 Å². The summed E-state index contributed by atoms with van der Waals surface area (Å²) in [5, 5.41) is 13.3. The van der Waals surface area contributed by atoms with Crippen molar-refractivity contribution in [3.63, 3.8) is 0 Å². The van der Waals surface area contributed by atoms with Crippen LogP contribution in [0.2, 0.25) is 0 Å². The van der Waals surface area contributed by atoms with Crippen LogP contribution in [-0.2, 0) is 0 Å². The van der Waals surface area contributed by atoms with Crippen molar-refractivity contribution in [1.82, 2.24) is 19.9 Å². The van der Waals surface area contributed by atoms with Crippen LogP contribution in [0.1, 0.15) is 12.5 Å². The average Bonchev–Trinajstić information content (AvgIpc) is 2.49. The third-order valence-electron chi connectivity index (χ3n) is 3.78. The van der Waals surface area contributed by atoms with Gasteiger partial charge >= 0.3 is 0 Å². The molecular formula is C16H19N5O. The maximum absolute atomic E-state index is 10.0. The van der Waals surface area contributed by atoms with Crippen molar-refractivity contribution in [2.45, 2.75) is 20.0 Å². The summed E-state index contributed by atoms with van der Waals surface area (Å²) in [5.41, 5.74) is 3.58. The predicted molar refractivity (Wildman–Crippen MR) is 88.0 cm³/mol. The minimum Gasteiger partial charge on any atom is -0.506 e. The zero-order chi connectivity index (χ0) is 15.9. The molecule has 2 heterocycles. The van der Waals surface area contributed by atoms with Gasteiger partial charge in [0.15, 0.2) is 5.82 Å². The molecule has 0 bridgehead atoms. The fraction of sp³-hybridized carbons (Fsp3) is 0.312. The number of aromatic nitrogens is 3. The van der Waals surface area contributed by atoms with Gasteiger partial charge in [-0.3, -0.25) is 4.90 Å². The molecule has 0 spiro atoms. The largest absolute Gasteiger partial charge is 0.506 e. The van der Waals surface area contributed by atoms with Gasteiger partial charge in [-0.1, -0.05) is 6.07 Å². The molecule has 1 aromatic carbocycles. The number of benzene rings is 1. The Kier molecular flexibility index (Phi) is 3.54. The highest BCUT2D eigenvalue weighted by molar-refractivity contribution is 5.95. The molecule has 114 valence electrons. The van der Waals surface area contributed by atoms with Crippen molar-refractivity contribution in [2.24, 2.45) is 0 Å². The molecule has 6 heteroatoms. The average molecular weight is 297 g/mol. The highest BCUT2D eigenvalue weighted by Crippen LogP contribution is 2.28. The van der Waals surface area contributed by atoms with E-state index in [9.17, 15) is 5.11 Å². The molecule has 0 fully saturated rings. The van der Waals surface area contributed by atoms with E-state index in [-0.39, 0.29) is 11.9 Å². The zero-order valence-electron chi connectivity index (χ0n) is 13.1. The zero-order valence-corrected chi connectivity index (χ0v) is 13.1. The number of phenolic OH excluding ortho intramolecular Hbond substituents is 1. The first-order chi connectivity index (χ1) is 10.5. The number of pyridine rings is 1. The Labute approximate surface area is 128 Å². The fourth-order valence-electron chi connectivity index (χ4n) is 2.22. The molecule has 1 atom stereocenters. The molecule has 6 nitrogen and oxygen atoms in total. The summed E-state index contributed by atoms with van der Waals surface area (Å²) in [6.45, 7) is 4.00. The summed E-state index contributed by atoms with van der Waals surface area (Å²) in [7, 11) is 3.97. The Morgan fingerprint density at radius 2 is 1.91 bits per heavy atom. The molecule has 1 unspecified atom stereocenters. The number of hydrogen-bond donors (Lipinski definition) is 2. The van der Waals surface area contributed by atoms with Crippen molar-refractivity contribution in [2.75, 3.05) is 19.4 Å². The lowest BCUT2D eigenvalue weighted by atomic mass is 10.2. The number of aryl methyl sites for hydroxylation is 1. The number of para-hydroxylation sites is 1.